The van der Waals surface area contributed by atoms with E-state index < -0.39 is 60.7 Å². The van der Waals surface area contributed by atoms with Crippen LogP contribution in [0.1, 0.15) is 18.4 Å². The zero-order valence-corrected chi connectivity index (χ0v) is 20.0. The van der Waals surface area contributed by atoms with Crippen molar-refractivity contribution in [3.05, 3.63) is 36.0 Å². The fourth-order valence-electron chi connectivity index (χ4n) is 3.35. The molecule has 0 fully saturated rings. The highest BCUT2D eigenvalue weighted by Crippen LogP contribution is 2.18. The minimum Gasteiger partial charge on any atom is -0.480 e. The van der Waals surface area contributed by atoms with E-state index in [2.05, 4.69) is 20.9 Å². The number of hydrogen-bond acceptors (Lipinski definition) is 7. The number of carboxylic acids is 1. The standard InChI is InChI=1S/C22H30N6O6S/c1-35-7-6-16(22(33)34)27-19(30)11-26-21(32)17(9-18(24)29)28-20(31)14(23)8-12-10-25-15-5-3-2-4-13(12)15/h2-5,10,14,16-17,25H,6-9,11,23H2,1H3,(H2,24,29)(H,26,32)(H,27,30)(H,28,31)(H,33,34). The van der Waals surface area contributed by atoms with Gasteiger partial charge in [0.05, 0.1) is 19.0 Å². The molecular formula is C22H30N6O6S. The van der Waals surface area contributed by atoms with Gasteiger partial charge in [0.25, 0.3) is 0 Å². The van der Waals surface area contributed by atoms with E-state index in [9.17, 15) is 29.1 Å². The van der Waals surface area contributed by atoms with Crippen LogP contribution in [0.2, 0.25) is 0 Å². The summed E-state index contributed by atoms with van der Waals surface area (Å²) in [5.74, 6) is -3.75. The van der Waals surface area contributed by atoms with Gasteiger partial charge >= 0.3 is 5.97 Å². The number of aromatic nitrogens is 1. The molecule has 9 N–H and O–H groups in total. The van der Waals surface area contributed by atoms with Crippen LogP contribution >= 0.6 is 11.8 Å². The Labute approximate surface area is 205 Å². The predicted octanol–water partition coefficient (Wildman–Crippen LogP) is -1.16. The molecule has 12 nitrogen and oxygen atoms in total. The van der Waals surface area contributed by atoms with Crippen molar-refractivity contribution in [2.75, 3.05) is 18.6 Å². The van der Waals surface area contributed by atoms with Crippen molar-refractivity contribution in [2.24, 2.45) is 11.5 Å². The first-order valence-electron chi connectivity index (χ1n) is 10.8. The lowest BCUT2D eigenvalue weighted by molar-refractivity contribution is -0.141. The summed E-state index contributed by atoms with van der Waals surface area (Å²) in [6.07, 6.45) is 3.43. The number of carbonyl (C=O) groups excluding carboxylic acids is 4. The van der Waals surface area contributed by atoms with Crippen LogP contribution in [0.25, 0.3) is 10.9 Å². The topological polar surface area (TPSA) is 209 Å². The number of carboxylic acid groups (broad SMARTS) is 1. The van der Waals surface area contributed by atoms with E-state index in [1.807, 2.05) is 24.3 Å². The van der Waals surface area contributed by atoms with Crippen molar-refractivity contribution in [2.45, 2.75) is 37.4 Å². The normalized spacial score (nSPS) is 13.4. The molecule has 0 saturated carbocycles. The quantitative estimate of drug-likeness (QED) is 0.166. The third-order valence-electron chi connectivity index (χ3n) is 5.16. The number of nitrogens with one attached hydrogen (secondary N) is 4. The largest absolute Gasteiger partial charge is 0.480 e. The Balaban J connectivity index is 1.95. The Bertz CT molecular complexity index is 1070. The van der Waals surface area contributed by atoms with E-state index in [-0.39, 0.29) is 12.8 Å². The maximum absolute atomic E-state index is 12.6. The Morgan fingerprint density at radius 3 is 2.46 bits per heavy atom. The molecule has 190 valence electrons. The van der Waals surface area contributed by atoms with Crippen molar-refractivity contribution in [3.8, 4) is 0 Å². The molecule has 2 aromatic rings. The Hall–Kier alpha value is -3.58. The fourth-order valence-corrected chi connectivity index (χ4v) is 3.82. The van der Waals surface area contributed by atoms with Crippen molar-refractivity contribution in [1.29, 1.82) is 0 Å². The third kappa shape index (κ3) is 8.61. The van der Waals surface area contributed by atoms with E-state index in [1.165, 1.54) is 11.8 Å². The van der Waals surface area contributed by atoms with Crippen LogP contribution in [0.5, 0.6) is 0 Å². The number of aromatic amines is 1. The minimum absolute atomic E-state index is 0.176. The van der Waals surface area contributed by atoms with Gasteiger partial charge in [-0.1, -0.05) is 18.2 Å². The zero-order chi connectivity index (χ0) is 26.0. The predicted molar refractivity (Wildman–Crippen MR) is 131 cm³/mol. The molecule has 0 aliphatic carbocycles. The lowest BCUT2D eigenvalue weighted by Gasteiger charge is -2.20. The third-order valence-corrected chi connectivity index (χ3v) is 5.80. The summed E-state index contributed by atoms with van der Waals surface area (Å²) >= 11 is 1.43. The second-order valence-corrected chi connectivity index (χ2v) is 8.84. The fraction of sp³-hybridized carbons (Fsp3) is 0.409. The van der Waals surface area contributed by atoms with Gasteiger partial charge in [-0.15, -0.1) is 0 Å². The lowest BCUT2D eigenvalue weighted by atomic mass is 10.0. The lowest BCUT2D eigenvalue weighted by Crippen LogP contribution is -2.54. The molecule has 2 rings (SSSR count). The molecule has 0 aliphatic rings. The summed E-state index contributed by atoms with van der Waals surface area (Å²) < 4.78 is 0. The number of carbonyl (C=O) groups is 5. The highest BCUT2D eigenvalue weighted by Gasteiger charge is 2.27. The van der Waals surface area contributed by atoms with Crippen molar-refractivity contribution >= 4 is 52.3 Å². The molecule has 3 unspecified atom stereocenters. The molecule has 0 spiro atoms. The van der Waals surface area contributed by atoms with Crippen molar-refractivity contribution in [3.63, 3.8) is 0 Å². The number of amides is 4. The van der Waals surface area contributed by atoms with Crippen LogP contribution in [0, 0.1) is 0 Å². The second-order valence-electron chi connectivity index (χ2n) is 7.86. The van der Waals surface area contributed by atoms with Gasteiger partial charge in [-0.2, -0.15) is 11.8 Å². The van der Waals surface area contributed by atoms with Gasteiger partial charge in [-0.3, -0.25) is 19.2 Å². The monoisotopic (exact) mass is 506 g/mol. The molecule has 0 saturated heterocycles. The number of benzene rings is 1. The van der Waals surface area contributed by atoms with Crippen molar-refractivity contribution in [1.82, 2.24) is 20.9 Å². The maximum atomic E-state index is 12.6. The first kappa shape index (κ1) is 27.7. The summed E-state index contributed by atoms with van der Waals surface area (Å²) in [7, 11) is 0. The van der Waals surface area contributed by atoms with Crippen LogP contribution in [0.15, 0.2) is 30.5 Å². The van der Waals surface area contributed by atoms with E-state index >= 15 is 0 Å². The summed E-state index contributed by atoms with van der Waals surface area (Å²) in [4.78, 5) is 63.0. The van der Waals surface area contributed by atoms with Gasteiger partial charge in [0.1, 0.15) is 12.1 Å². The van der Waals surface area contributed by atoms with Crippen LogP contribution in [-0.2, 0) is 30.4 Å². The minimum atomic E-state index is -1.35. The van der Waals surface area contributed by atoms with Crippen molar-refractivity contribution < 1.29 is 29.1 Å². The van der Waals surface area contributed by atoms with E-state index in [1.54, 1.807) is 12.5 Å². The molecule has 13 heteroatoms. The Morgan fingerprint density at radius 2 is 1.80 bits per heavy atom. The average molecular weight is 507 g/mol. The Kier molecular flexibility index (Phi) is 10.5. The zero-order valence-electron chi connectivity index (χ0n) is 19.2. The van der Waals surface area contributed by atoms with E-state index in [0.29, 0.717) is 5.75 Å². The molecular weight excluding hydrogens is 476 g/mol. The summed E-state index contributed by atoms with van der Waals surface area (Å²) in [6.45, 7) is -0.547. The number of aliphatic carboxylic acids is 1. The molecule has 35 heavy (non-hydrogen) atoms. The summed E-state index contributed by atoms with van der Waals surface area (Å²) in [6, 6.07) is 4.02. The van der Waals surface area contributed by atoms with Crippen LogP contribution in [-0.4, -0.2) is 76.4 Å². The number of primary amides is 1. The number of rotatable bonds is 14. The first-order chi connectivity index (χ1) is 16.6. The van der Waals surface area contributed by atoms with Gasteiger partial charge in [-0.25, -0.2) is 4.79 Å². The summed E-state index contributed by atoms with van der Waals surface area (Å²) in [5.41, 5.74) is 12.9. The van der Waals surface area contributed by atoms with Crippen LogP contribution in [0.3, 0.4) is 0 Å². The molecule has 0 radical (unpaired) electrons. The average Bonchev–Trinajstić information content (AvgIpc) is 3.21. The summed E-state index contributed by atoms with van der Waals surface area (Å²) in [5, 5.41) is 17.1. The number of para-hydroxylation sites is 1. The number of thioether (sulfide) groups is 1. The number of hydrogen-bond donors (Lipinski definition) is 7. The van der Waals surface area contributed by atoms with Gasteiger partial charge in [0.2, 0.25) is 23.6 Å². The van der Waals surface area contributed by atoms with Gasteiger partial charge in [-0.05, 0) is 36.5 Å². The highest BCUT2D eigenvalue weighted by molar-refractivity contribution is 7.98. The van der Waals surface area contributed by atoms with E-state index in [4.69, 9.17) is 11.5 Å². The molecule has 1 aromatic carbocycles. The molecule has 0 bridgehead atoms. The van der Waals surface area contributed by atoms with Gasteiger partial charge in [0, 0.05) is 17.1 Å². The number of fused-ring (bicyclic) bond motifs is 1. The van der Waals surface area contributed by atoms with Crippen LogP contribution in [0.4, 0.5) is 0 Å². The second kappa shape index (κ2) is 13.3. The smallest absolute Gasteiger partial charge is 0.326 e. The van der Waals surface area contributed by atoms with Gasteiger partial charge in [0.15, 0.2) is 0 Å². The molecule has 4 amide bonds. The number of nitrogens with two attached hydrogens (primary N) is 2. The maximum Gasteiger partial charge on any atom is 0.326 e. The molecule has 3 atom stereocenters. The highest BCUT2D eigenvalue weighted by atomic mass is 32.2. The van der Waals surface area contributed by atoms with Crippen LogP contribution < -0.4 is 27.4 Å². The molecule has 1 heterocycles. The SMILES string of the molecule is CSCCC(NC(=O)CNC(=O)C(CC(N)=O)NC(=O)C(N)Cc1c[nH]c2ccccc12)C(=O)O. The number of H-pyrrole nitrogens is 1. The van der Waals surface area contributed by atoms with Gasteiger partial charge < -0.3 is 37.5 Å². The first-order valence-corrected chi connectivity index (χ1v) is 12.2. The molecule has 1 aromatic heterocycles. The Morgan fingerprint density at radius 1 is 1.09 bits per heavy atom. The molecule has 0 aliphatic heterocycles. The van der Waals surface area contributed by atoms with E-state index in [0.717, 1.165) is 16.5 Å².